The van der Waals surface area contributed by atoms with Crippen LogP contribution in [0.4, 0.5) is 0 Å². The Morgan fingerprint density at radius 2 is 2.29 bits per heavy atom. The van der Waals surface area contributed by atoms with Crippen molar-refractivity contribution in [2.24, 2.45) is 5.73 Å². The fraction of sp³-hybridized carbons (Fsp3) is 0.333. The fourth-order valence-corrected chi connectivity index (χ4v) is 0.254. The second kappa shape index (κ2) is 3.62. The number of hydrogen-bond donors (Lipinski definition) is 1. The maximum atomic E-state index is 5.34. The Balaban J connectivity index is 3.25. The van der Waals surface area contributed by atoms with E-state index < -0.39 is 0 Å². The van der Waals surface area contributed by atoms with E-state index in [0.717, 1.165) is 0 Å². The van der Waals surface area contributed by atoms with Crippen molar-refractivity contribution in [1.82, 2.24) is 0 Å². The summed E-state index contributed by atoms with van der Waals surface area (Å²) >= 11 is 0. The van der Waals surface area contributed by atoms with Crippen LogP contribution in [0.5, 0.6) is 0 Å². The molecule has 0 aliphatic rings. The predicted octanol–water partition coefficient (Wildman–Crippen LogP) is 1.08. The zero-order valence-corrected chi connectivity index (χ0v) is 4.59. The molecule has 1 nitrogen and oxygen atoms in total. The summed E-state index contributed by atoms with van der Waals surface area (Å²) in [4.78, 5) is 0. The first-order valence-electron chi connectivity index (χ1n) is 2.32. The van der Waals surface area contributed by atoms with Crippen LogP contribution in [-0.4, -0.2) is 6.04 Å². The summed E-state index contributed by atoms with van der Waals surface area (Å²) in [6, 6.07) is 0.151. The third-order valence-electron chi connectivity index (χ3n) is 0.551. The first-order valence-corrected chi connectivity index (χ1v) is 2.32. The number of nitrogens with two attached hydrogens (primary N) is 1. The summed E-state index contributed by atoms with van der Waals surface area (Å²) in [7, 11) is 0. The number of allylic oxidation sites excluding steroid dienone is 2. The highest BCUT2D eigenvalue weighted by atomic mass is 14.6. The topological polar surface area (TPSA) is 26.0 Å². The average molecular weight is 97.2 g/mol. The summed E-state index contributed by atoms with van der Waals surface area (Å²) in [5.74, 6) is 0. The molecule has 0 aromatic rings. The summed E-state index contributed by atoms with van der Waals surface area (Å²) in [6.45, 7) is 5.41. The van der Waals surface area contributed by atoms with Crippen LogP contribution in [0.15, 0.2) is 24.8 Å². The van der Waals surface area contributed by atoms with Gasteiger partial charge in [-0.15, -0.1) is 0 Å². The third kappa shape index (κ3) is 5.44. The van der Waals surface area contributed by atoms with E-state index in [-0.39, 0.29) is 6.04 Å². The van der Waals surface area contributed by atoms with Crippen molar-refractivity contribution < 1.29 is 0 Å². The molecule has 0 aromatic heterocycles. The minimum absolute atomic E-state index is 0.151. The Labute approximate surface area is 44.5 Å². The Morgan fingerprint density at radius 1 is 1.71 bits per heavy atom. The van der Waals surface area contributed by atoms with E-state index in [4.69, 9.17) is 5.73 Å². The molecule has 40 valence electrons. The van der Waals surface area contributed by atoms with Crippen LogP contribution in [0, 0.1) is 0 Å². The molecule has 0 saturated heterocycles. The monoisotopic (exact) mass is 97.1 g/mol. The predicted molar refractivity (Wildman–Crippen MR) is 33.0 cm³/mol. The lowest BCUT2D eigenvalue weighted by atomic mass is 10.3. The molecule has 7 heavy (non-hydrogen) atoms. The minimum Gasteiger partial charge on any atom is -0.325 e. The first-order chi connectivity index (χ1) is 3.27. The van der Waals surface area contributed by atoms with Crippen molar-refractivity contribution >= 4 is 0 Å². The lowest BCUT2D eigenvalue weighted by molar-refractivity contribution is 0.926. The molecular formula is C6H11N. The highest BCUT2D eigenvalue weighted by Gasteiger charge is 1.76. The smallest absolute Gasteiger partial charge is 0.0197 e. The summed E-state index contributed by atoms with van der Waals surface area (Å²) in [5.41, 5.74) is 5.34. The molecule has 0 amide bonds. The van der Waals surface area contributed by atoms with Crippen LogP contribution in [0.1, 0.15) is 6.92 Å². The van der Waals surface area contributed by atoms with Gasteiger partial charge in [0.15, 0.2) is 0 Å². The molecule has 2 N–H and O–H groups in total. The molecular weight excluding hydrogens is 86.1 g/mol. The van der Waals surface area contributed by atoms with Crippen LogP contribution >= 0.6 is 0 Å². The van der Waals surface area contributed by atoms with Crippen molar-refractivity contribution in [3.63, 3.8) is 0 Å². The summed E-state index contributed by atoms with van der Waals surface area (Å²) in [5, 5.41) is 0. The van der Waals surface area contributed by atoms with Crippen molar-refractivity contribution in [3.8, 4) is 0 Å². The molecule has 0 radical (unpaired) electrons. The molecule has 0 heterocycles. The van der Waals surface area contributed by atoms with Crippen molar-refractivity contribution in [2.45, 2.75) is 13.0 Å². The molecule has 0 aliphatic carbocycles. The Bertz CT molecular complexity index is 72.2. The Kier molecular flexibility index (Phi) is 3.33. The maximum absolute atomic E-state index is 5.34. The van der Waals surface area contributed by atoms with E-state index in [9.17, 15) is 0 Å². The zero-order chi connectivity index (χ0) is 5.70. The molecule has 0 aliphatic heterocycles. The van der Waals surface area contributed by atoms with E-state index in [0.29, 0.717) is 0 Å². The van der Waals surface area contributed by atoms with E-state index in [2.05, 4.69) is 6.58 Å². The van der Waals surface area contributed by atoms with Gasteiger partial charge in [0.1, 0.15) is 0 Å². The van der Waals surface area contributed by atoms with Gasteiger partial charge in [0, 0.05) is 6.04 Å². The van der Waals surface area contributed by atoms with Crippen LogP contribution in [-0.2, 0) is 0 Å². The van der Waals surface area contributed by atoms with Gasteiger partial charge in [-0.05, 0) is 6.92 Å². The SMILES string of the molecule is C=CC=CC(C)N. The zero-order valence-electron chi connectivity index (χ0n) is 4.59. The molecule has 0 saturated carbocycles. The molecule has 1 unspecified atom stereocenters. The van der Waals surface area contributed by atoms with Gasteiger partial charge in [-0.3, -0.25) is 0 Å². The maximum Gasteiger partial charge on any atom is 0.0197 e. The van der Waals surface area contributed by atoms with Gasteiger partial charge < -0.3 is 5.73 Å². The Morgan fingerprint density at radius 3 is 2.43 bits per heavy atom. The molecule has 1 atom stereocenters. The van der Waals surface area contributed by atoms with Crippen molar-refractivity contribution in [1.29, 1.82) is 0 Å². The average Bonchev–Trinajstić information content (AvgIpc) is 1.61. The molecule has 1 heteroatoms. The summed E-state index contributed by atoms with van der Waals surface area (Å²) < 4.78 is 0. The highest BCUT2D eigenvalue weighted by molar-refractivity contribution is 5.00. The van der Waals surface area contributed by atoms with E-state index >= 15 is 0 Å². The highest BCUT2D eigenvalue weighted by Crippen LogP contribution is 1.77. The van der Waals surface area contributed by atoms with Crippen LogP contribution in [0.25, 0.3) is 0 Å². The van der Waals surface area contributed by atoms with Gasteiger partial charge in [0.05, 0.1) is 0 Å². The van der Waals surface area contributed by atoms with E-state index in [1.54, 1.807) is 6.08 Å². The molecule has 0 spiro atoms. The largest absolute Gasteiger partial charge is 0.325 e. The minimum atomic E-state index is 0.151. The standard InChI is InChI=1S/C6H11N/c1-3-4-5-6(2)7/h3-6H,1,7H2,2H3. The van der Waals surface area contributed by atoms with Gasteiger partial charge in [-0.2, -0.15) is 0 Å². The lowest BCUT2D eigenvalue weighted by Crippen LogP contribution is -2.09. The van der Waals surface area contributed by atoms with E-state index in [1.165, 1.54) is 0 Å². The van der Waals surface area contributed by atoms with E-state index in [1.807, 2.05) is 19.1 Å². The second-order valence-corrected chi connectivity index (χ2v) is 1.48. The van der Waals surface area contributed by atoms with Gasteiger partial charge in [-0.25, -0.2) is 0 Å². The number of rotatable bonds is 2. The van der Waals surface area contributed by atoms with Gasteiger partial charge in [0.2, 0.25) is 0 Å². The summed E-state index contributed by atoms with van der Waals surface area (Å²) in [6.07, 6.45) is 5.43. The molecule has 0 bridgehead atoms. The first kappa shape index (κ1) is 6.44. The van der Waals surface area contributed by atoms with Crippen LogP contribution < -0.4 is 5.73 Å². The van der Waals surface area contributed by atoms with Gasteiger partial charge >= 0.3 is 0 Å². The van der Waals surface area contributed by atoms with Crippen molar-refractivity contribution in [3.05, 3.63) is 24.8 Å². The number of hydrogen-bond acceptors (Lipinski definition) is 1. The molecule has 0 rings (SSSR count). The second-order valence-electron chi connectivity index (χ2n) is 1.48. The van der Waals surface area contributed by atoms with Gasteiger partial charge in [-0.1, -0.05) is 24.8 Å². The molecule has 0 aromatic carbocycles. The fourth-order valence-electron chi connectivity index (χ4n) is 0.254. The Hall–Kier alpha value is -0.560. The normalized spacial score (nSPS) is 14.6. The third-order valence-corrected chi connectivity index (χ3v) is 0.551. The quantitative estimate of drug-likeness (QED) is 0.512. The lowest BCUT2D eigenvalue weighted by Gasteiger charge is -1.88. The van der Waals surface area contributed by atoms with Crippen molar-refractivity contribution in [2.75, 3.05) is 0 Å². The van der Waals surface area contributed by atoms with Crippen LogP contribution in [0.3, 0.4) is 0 Å². The molecule has 0 fully saturated rings. The van der Waals surface area contributed by atoms with Crippen LogP contribution in [0.2, 0.25) is 0 Å². The van der Waals surface area contributed by atoms with Gasteiger partial charge in [0.25, 0.3) is 0 Å².